The number of nitrogens with zero attached hydrogens (tertiary/aromatic N) is 3. The molecule has 0 spiro atoms. The monoisotopic (exact) mass is 347 g/mol. The van der Waals surface area contributed by atoms with Crippen molar-refractivity contribution >= 4 is 11.2 Å². The fourth-order valence-electron chi connectivity index (χ4n) is 3.98. The van der Waals surface area contributed by atoms with Crippen LogP contribution in [0.15, 0.2) is 15.8 Å². The van der Waals surface area contributed by atoms with Crippen molar-refractivity contribution in [2.24, 2.45) is 11.7 Å². The van der Waals surface area contributed by atoms with Crippen molar-refractivity contribution in [1.82, 2.24) is 9.08 Å². The molecule has 2 aromatic heterocycles. The lowest BCUT2D eigenvalue weighted by molar-refractivity contribution is 0.593. The minimum absolute atomic E-state index is 0.0882. The van der Waals surface area contributed by atoms with E-state index in [0.717, 1.165) is 25.5 Å². The molecule has 0 radical (unpaired) electrons. The Morgan fingerprint density at radius 2 is 2.00 bits per heavy atom. The minimum Gasteiger partial charge on any atom is -0.369 e. The molecule has 2 aromatic rings. The number of aryl methyl sites for hydroxylation is 1. The van der Waals surface area contributed by atoms with Crippen molar-refractivity contribution in [2.75, 3.05) is 30.4 Å². The number of pyridine rings is 1. The van der Waals surface area contributed by atoms with Crippen LogP contribution in [0.25, 0.3) is 5.52 Å². The van der Waals surface area contributed by atoms with Crippen molar-refractivity contribution in [1.29, 1.82) is 0 Å². The molecular weight excluding hydrogens is 325 g/mol. The van der Waals surface area contributed by atoms with Crippen molar-refractivity contribution in [3.63, 3.8) is 0 Å². The van der Waals surface area contributed by atoms with Crippen molar-refractivity contribution in [3.8, 4) is 0 Å². The zero-order valence-electron chi connectivity index (χ0n) is 14.2. The maximum atomic E-state index is 14.9. The van der Waals surface area contributed by atoms with Gasteiger partial charge in [-0.3, -0.25) is 9.20 Å². The molecule has 0 amide bonds. The van der Waals surface area contributed by atoms with E-state index in [1.165, 1.54) is 4.40 Å². The van der Waals surface area contributed by atoms with Crippen LogP contribution in [0.5, 0.6) is 0 Å². The second-order valence-corrected chi connectivity index (χ2v) is 7.15. The second kappa shape index (κ2) is 5.59. The Kier molecular flexibility index (Phi) is 3.61. The summed E-state index contributed by atoms with van der Waals surface area (Å²) in [5.41, 5.74) is 6.66. The summed E-state index contributed by atoms with van der Waals surface area (Å²) in [7, 11) is 0. The third-order valence-electron chi connectivity index (χ3n) is 5.46. The highest BCUT2D eigenvalue weighted by molar-refractivity contribution is 5.72. The van der Waals surface area contributed by atoms with Crippen LogP contribution in [0.3, 0.4) is 0 Å². The van der Waals surface area contributed by atoms with Gasteiger partial charge in [-0.2, -0.15) is 4.68 Å². The average Bonchev–Trinajstić information content (AvgIpc) is 3.31. The van der Waals surface area contributed by atoms with Crippen LogP contribution >= 0.6 is 0 Å². The van der Waals surface area contributed by atoms with Gasteiger partial charge in [0.1, 0.15) is 0 Å². The normalized spacial score (nSPS) is 20.6. The molecule has 1 saturated carbocycles. The van der Waals surface area contributed by atoms with Gasteiger partial charge in [0.2, 0.25) is 0 Å². The van der Waals surface area contributed by atoms with Crippen LogP contribution in [0, 0.1) is 18.7 Å². The summed E-state index contributed by atoms with van der Waals surface area (Å²) < 4.78 is 16.6. The van der Waals surface area contributed by atoms with Crippen LogP contribution in [0.4, 0.5) is 10.1 Å². The molecule has 1 aliphatic carbocycles. The van der Waals surface area contributed by atoms with Gasteiger partial charge in [-0.05, 0) is 44.6 Å². The first kappa shape index (κ1) is 16.1. The maximum absolute atomic E-state index is 14.9. The lowest BCUT2D eigenvalue weighted by atomic mass is 10.1. The molecule has 134 valence electrons. The first-order valence-electron chi connectivity index (χ1n) is 8.64. The van der Waals surface area contributed by atoms with E-state index in [-0.39, 0.29) is 5.92 Å². The van der Waals surface area contributed by atoms with Gasteiger partial charge in [-0.15, -0.1) is 0 Å². The molecule has 8 heteroatoms. The largest absolute Gasteiger partial charge is 0.369 e. The summed E-state index contributed by atoms with van der Waals surface area (Å²) in [6.07, 6.45) is 3.83. The summed E-state index contributed by atoms with van der Waals surface area (Å²) >= 11 is 0. The third-order valence-corrected chi connectivity index (χ3v) is 5.46. The average molecular weight is 347 g/mol. The Morgan fingerprint density at radius 3 is 2.60 bits per heavy atom. The molecule has 2 fully saturated rings. The van der Waals surface area contributed by atoms with E-state index in [4.69, 9.17) is 11.6 Å². The Bertz CT molecular complexity index is 976. The first-order chi connectivity index (χ1) is 11.9. The Morgan fingerprint density at radius 1 is 1.28 bits per heavy atom. The highest BCUT2D eigenvalue weighted by Crippen LogP contribution is 2.42. The van der Waals surface area contributed by atoms with Crippen LogP contribution in [0.1, 0.15) is 36.3 Å². The van der Waals surface area contributed by atoms with Gasteiger partial charge in [0.15, 0.2) is 5.82 Å². The molecule has 0 bridgehead atoms. The Hall–Kier alpha value is -2.35. The first-order valence-corrected chi connectivity index (χ1v) is 8.64. The fourth-order valence-corrected chi connectivity index (χ4v) is 3.98. The number of aromatic nitrogens is 2. The van der Waals surface area contributed by atoms with Gasteiger partial charge in [0.05, 0.1) is 17.4 Å². The van der Waals surface area contributed by atoms with Crippen molar-refractivity contribution < 1.29 is 4.39 Å². The lowest BCUT2D eigenvalue weighted by Crippen LogP contribution is -2.44. The van der Waals surface area contributed by atoms with E-state index in [1.54, 1.807) is 6.92 Å². The van der Waals surface area contributed by atoms with Crippen molar-refractivity contribution in [2.45, 2.75) is 32.1 Å². The molecule has 4 N–H and O–H groups in total. The van der Waals surface area contributed by atoms with E-state index in [0.29, 0.717) is 52.6 Å². The van der Waals surface area contributed by atoms with Gasteiger partial charge in [0, 0.05) is 24.2 Å². The molecule has 1 aliphatic heterocycles. The summed E-state index contributed by atoms with van der Waals surface area (Å²) in [6, 6.07) is 0. The predicted octanol–water partition coefficient (Wildman–Crippen LogP) is 0.285. The number of anilines is 1. The molecule has 1 atom stereocenters. The fraction of sp³-hybridized carbons (Fsp3) is 0.529. The summed E-state index contributed by atoms with van der Waals surface area (Å²) in [4.78, 5) is 26.9. The van der Waals surface area contributed by atoms with Crippen LogP contribution in [-0.4, -0.2) is 28.7 Å². The van der Waals surface area contributed by atoms with Gasteiger partial charge < -0.3 is 16.5 Å². The topological polar surface area (TPSA) is 98.8 Å². The summed E-state index contributed by atoms with van der Waals surface area (Å²) in [5, 5.41) is 0. The highest BCUT2D eigenvalue weighted by atomic mass is 19.1. The van der Waals surface area contributed by atoms with Crippen LogP contribution < -0.4 is 27.7 Å². The summed E-state index contributed by atoms with van der Waals surface area (Å²) in [5.74, 6) is 5.57. The van der Waals surface area contributed by atoms with Gasteiger partial charge >= 0.3 is 5.69 Å². The van der Waals surface area contributed by atoms with Gasteiger partial charge in [-0.1, -0.05) is 0 Å². The number of rotatable bonds is 3. The van der Waals surface area contributed by atoms with E-state index >= 15 is 0 Å². The zero-order chi connectivity index (χ0) is 17.9. The molecular formula is C17H22FN5O2. The van der Waals surface area contributed by atoms with Crippen LogP contribution in [0.2, 0.25) is 0 Å². The molecule has 3 heterocycles. The number of fused-ring (bicyclic) bond motifs is 1. The van der Waals surface area contributed by atoms with Gasteiger partial charge in [0.25, 0.3) is 5.56 Å². The SMILES string of the molecule is Cc1c(N2CCC(CN)C2)c(F)cn2c(=O)n(N)c(=O)c(C3CC3)c12. The standard InChI is InChI=1S/C17H22FN5O2/c1-9-14(21-5-4-10(6-19)7-21)12(18)8-22-15(9)13(11-2-3-11)16(24)23(20)17(22)25/h8,10-11H,2-7,19-20H2,1H3. The van der Waals surface area contributed by atoms with E-state index in [1.807, 2.05) is 4.90 Å². The molecule has 25 heavy (non-hydrogen) atoms. The van der Waals surface area contributed by atoms with Crippen LogP contribution in [-0.2, 0) is 0 Å². The summed E-state index contributed by atoms with van der Waals surface area (Å²) in [6.45, 7) is 3.73. The predicted molar refractivity (Wildman–Crippen MR) is 94.1 cm³/mol. The third kappa shape index (κ3) is 2.35. The second-order valence-electron chi connectivity index (χ2n) is 7.15. The van der Waals surface area contributed by atoms with Crippen molar-refractivity contribution in [3.05, 3.63) is 44.0 Å². The molecule has 7 nitrogen and oxygen atoms in total. The minimum atomic E-state index is -0.723. The molecule has 2 aliphatic rings. The van der Waals surface area contributed by atoms with Gasteiger partial charge in [-0.25, -0.2) is 9.18 Å². The number of halogens is 1. The highest BCUT2D eigenvalue weighted by Gasteiger charge is 2.33. The van der Waals surface area contributed by atoms with E-state index < -0.39 is 17.1 Å². The number of hydrogen-bond donors (Lipinski definition) is 2. The molecule has 1 saturated heterocycles. The zero-order valence-corrected chi connectivity index (χ0v) is 14.2. The smallest absolute Gasteiger partial charge is 0.354 e. The Labute approximate surface area is 143 Å². The van der Waals surface area contributed by atoms with E-state index in [2.05, 4.69) is 0 Å². The molecule has 0 aromatic carbocycles. The quantitative estimate of drug-likeness (QED) is 0.778. The van der Waals surface area contributed by atoms with E-state index in [9.17, 15) is 14.0 Å². The lowest BCUT2D eigenvalue weighted by Gasteiger charge is -2.24. The maximum Gasteiger partial charge on any atom is 0.354 e. The molecule has 1 unspecified atom stereocenters. The Balaban J connectivity index is 2.01. The number of nitrogen functional groups attached to an aromatic ring is 1. The molecule has 4 rings (SSSR count). The number of hydrogen-bond acceptors (Lipinski definition) is 5. The number of nitrogens with two attached hydrogens (primary N) is 2.